The predicted molar refractivity (Wildman–Crippen MR) is 205 cm³/mol. The smallest absolute Gasteiger partial charge is 0.135 e. The van der Waals surface area contributed by atoms with Gasteiger partial charge in [-0.3, -0.25) is 0 Å². The van der Waals surface area contributed by atoms with Gasteiger partial charge in [-0.15, -0.1) is 22.7 Å². The zero-order chi connectivity index (χ0) is 31.6. The van der Waals surface area contributed by atoms with E-state index in [1.807, 2.05) is 23.5 Å². The van der Waals surface area contributed by atoms with Crippen LogP contribution in [0.3, 0.4) is 0 Å². The lowest BCUT2D eigenvalue weighted by molar-refractivity contribution is 0.669. The summed E-state index contributed by atoms with van der Waals surface area (Å²) in [6, 6.07) is 55.9. The van der Waals surface area contributed by atoms with E-state index >= 15 is 0 Å². The van der Waals surface area contributed by atoms with Gasteiger partial charge in [-0.2, -0.15) is 0 Å². The lowest BCUT2D eigenvalue weighted by atomic mass is 10.0. The molecule has 0 unspecified atom stereocenters. The standard InChI is InChI=1S/C43H26N2OS2/c1-3-9-28(10-4-1)43-44-36-21-24-40-41(42(36)48-43)35-25-29(17-23-39(35)47-40)27-15-18-31(19-16-27)45(30-11-5-2-6-12-30)32-20-22-38-34(26-32)33-13-7-8-14-37(33)46-38/h1-26H. The fraction of sp³-hybridized carbons (Fsp3) is 0. The van der Waals surface area contributed by atoms with Gasteiger partial charge in [0.25, 0.3) is 0 Å². The number of furan rings is 1. The van der Waals surface area contributed by atoms with E-state index < -0.39 is 0 Å². The topological polar surface area (TPSA) is 29.3 Å². The van der Waals surface area contributed by atoms with Crippen LogP contribution in [0.2, 0.25) is 0 Å². The normalized spacial score (nSPS) is 11.8. The second-order valence-corrected chi connectivity index (χ2v) is 14.1. The minimum Gasteiger partial charge on any atom is -0.456 e. The van der Waals surface area contributed by atoms with E-state index in [1.54, 1.807) is 11.3 Å². The van der Waals surface area contributed by atoms with E-state index in [4.69, 9.17) is 9.40 Å². The monoisotopic (exact) mass is 650 g/mol. The van der Waals surface area contributed by atoms with Crippen LogP contribution in [-0.2, 0) is 0 Å². The Bertz CT molecular complexity index is 2780. The number of hydrogen-bond donors (Lipinski definition) is 0. The third-order valence-electron chi connectivity index (χ3n) is 9.10. The highest BCUT2D eigenvalue weighted by atomic mass is 32.1. The van der Waals surface area contributed by atoms with Gasteiger partial charge in [0.2, 0.25) is 0 Å². The average molecular weight is 651 g/mol. The van der Waals surface area contributed by atoms with E-state index in [2.05, 4.69) is 150 Å². The van der Waals surface area contributed by atoms with E-state index in [-0.39, 0.29) is 0 Å². The second kappa shape index (κ2) is 10.9. The molecule has 5 heteroatoms. The van der Waals surface area contributed by atoms with Crippen LogP contribution >= 0.6 is 22.7 Å². The summed E-state index contributed by atoms with van der Waals surface area (Å²) < 4.78 is 9.99. The van der Waals surface area contributed by atoms with Gasteiger partial charge in [-0.1, -0.05) is 84.9 Å². The van der Waals surface area contributed by atoms with Crippen LogP contribution in [0, 0.1) is 0 Å². The van der Waals surface area contributed by atoms with Crippen LogP contribution in [-0.4, -0.2) is 4.98 Å². The molecule has 0 spiro atoms. The molecule has 0 fully saturated rings. The number of nitrogens with zero attached hydrogens (tertiary/aromatic N) is 2. The summed E-state index contributed by atoms with van der Waals surface area (Å²) in [5, 5.41) is 5.90. The Labute approximate surface area is 284 Å². The van der Waals surface area contributed by atoms with Gasteiger partial charge >= 0.3 is 0 Å². The van der Waals surface area contributed by atoms with Gasteiger partial charge in [0, 0.05) is 53.6 Å². The van der Waals surface area contributed by atoms with Gasteiger partial charge in [0.05, 0.1) is 10.2 Å². The summed E-state index contributed by atoms with van der Waals surface area (Å²) in [4.78, 5) is 7.33. The molecule has 10 aromatic rings. The lowest BCUT2D eigenvalue weighted by Gasteiger charge is -2.25. The molecule has 0 N–H and O–H groups in total. The minimum atomic E-state index is 0.895. The molecule has 0 amide bonds. The highest BCUT2D eigenvalue weighted by molar-refractivity contribution is 7.28. The van der Waals surface area contributed by atoms with Crippen molar-refractivity contribution in [2.75, 3.05) is 4.90 Å². The predicted octanol–water partition coefficient (Wildman–Crippen LogP) is 13.4. The maximum absolute atomic E-state index is 6.14. The number of aromatic nitrogens is 1. The summed E-state index contributed by atoms with van der Waals surface area (Å²) in [5.74, 6) is 0. The fourth-order valence-corrected chi connectivity index (χ4v) is 9.10. The Morgan fingerprint density at radius 1 is 0.458 bits per heavy atom. The van der Waals surface area contributed by atoms with Gasteiger partial charge < -0.3 is 9.32 Å². The third kappa shape index (κ3) is 4.43. The van der Waals surface area contributed by atoms with Crippen molar-refractivity contribution in [3.63, 3.8) is 0 Å². The Hall–Kier alpha value is -5.75. The maximum atomic E-state index is 6.14. The number of para-hydroxylation sites is 2. The van der Waals surface area contributed by atoms with Crippen molar-refractivity contribution in [3.05, 3.63) is 158 Å². The highest BCUT2D eigenvalue weighted by Gasteiger charge is 2.17. The molecule has 0 aliphatic rings. The second-order valence-electron chi connectivity index (χ2n) is 12.0. The first-order valence-electron chi connectivity index (χ1n) is 15.9. The Morgan fingerprint density at radius 3 is 2.00 bits per heavy atom. The first-order chi connectivity index (χ1) is 23.8. The fourth-order valence-electron chi connectivity index (χ4n) is 6.81. The number of rotatable bonds is 5. The zero-order valence-corrected chi connectivity index (χ0v) is 27.3. The molecular weight excluding hydrogens is 625 g/mol. The van der Waals surface area contributed by atoms with Gasteiger partial charge in [0.1, 0.15) is 16.2 Å². The van der Waals surface area contributed by atoms with Crippen LogP contribution in [0.15, 0.2) is 162 Å². The van der Waals surface area contributed by atoms with Crippen molar-refractivity contribution >= 4 is 92.1 Å². The molecule has 0 atom stereocenters. The van der Waals surface area contributed by atoms with E-state index in [9.17, 15) is 0 Å². The molecule has 3 aromatic heterocycles. The molecule has 10 rings (SSSR count). The Morgan fingerprint density at radius 2 is 1.15 bits per heavy atom. The van der Waals surface area contributed by atoms with Crippen LogP contribution in [0.25, 0.3) is 74.0 Å². The largest absolute Gasteiger partial charge is 0.456 e. The third-order valence-corrected chi connectivity index (χ3v) is 11.4. The maximum Gasteiger partial charge on any atom is 0.135 e. The number of thiophene rings is 1. The van der Waals surface area contributed by atoms with Gasteiger partial charge in [-0.25, -0.2) is 4.98 Å². The van der Waals surface area contributed by atoms with Crippen molar-refractivity contribution in [2.24, 2.45) is 0 Å². The van der Waals surface area contributed by atoms with Gasteiger partial charge in [-0.05, 0) is 83.9 Å². The molecule has 0 aliphatic heterocycles. The molecule has 7 aromatic carbocycles. The minimum absolute atomic E-state index is 0.895. The summed E-state index contributed by atoms with van der Waals surface area (Å²) in [7, 11) is 0. The van der Waals surface area contributed by atoms with E-state index in [1.165, 1.54) is 36.0 Å². The number of anilines is 3. The molecule has 0 saturated carbocycles. The average Bonchev–Trinajstić information content (AvgIpc) is 3.86. The van der Waals surface area contributed by atoms with Crippen LogP contribution in [0.5, 0.6) is 0 Å². The molecular formula is C43H26N2OS2. The van der Waals surface area contributed by atoms with Crippen molar-refractivity contribution in [3.8, 4) is 21.7 Å². The number of hydrogen-bond acceptors (Lipinski definition) is 5. The van der Waals surface area contributed by atoms with E-state index in [0.29, 0.717) is 0 Å². The molecule has 0 bridgehead atoms. The molecule has 48 heavy (non-hydrogen) atoms. The summed E-state index contributed by atoms with van der Waals surface area (Å²) in [5.41, 5.74) is 9.70. The number of fused-ring (bicyclic) bond motifs is 8. The summed E-state index contributed by atoms with van der Waals surface area (Å²) >= 11 is 3.64. The molecule has 3 heterocycles. The number of benzene rings is 7. The van der Waals surface area contributed by atoms with Crippen molar-refractivity contribution in [2.45, 2.75) is 0 Å². The van der Waals surface area contributed by atoms with E-state index in [0.717, 1.165) is 55.1 Å². The van der Waals surface area contributed by atoms with Gasteiger partial charge in [0.15, 0.2) is 0 Å². The Balaban J connectivity index is 1.07. The van der Waals surface area contributed by atoms with Crippen LogP contribution < -0.4 is 4.90 Å². The van der Waals surface area contributed by atoms with Crippen molar-refractivity contribution < 1.29 is 4.42 Å². The molecule has 0 aliphatic carbocycles. The highest BCUT2D eigenvalue weighted by Crippen LogP contribution is 2.44. The molecule has 226 valence electrons. The SMILES string of the molecule is c1ccc(-c2nc3ccc4sc5ccc(-c6ccc(N(c7ccccc7)c7ccc8oc9ccccc9c8c7)cc6)cc5c4c3s2)cc1. The molecule has 0 radical (unpaired) electrons. The van der Waals surface area contributed by atoms with Crippen molar-refractivity contribution in [1.29, 1.82) is 0 Å². The first kappa shape index (κ1) is 27.4. The lowest BCUT2D eigenvalue weighted by Crippen LogP contribution is -2.09. The zero-order valence-electron chi connectivity index (χ0n) is 25.6. The summed E-state index contributed by atoms with van der Waals surface area (Å²) in [6.45, 7) is 0. The molecule has 0 saturated heterocycles. The first-order valence-corrected chi connectivity index (χ1v) is 17.6. The van der Waals surface area contributed by atoms with Crippen molar-refractivity contribution in [1.82, 2.24) is 4.98 Å². The number of thiazole rings is 1. The quantitative estimate of drug-likeness (QED) is 0.186. The van der Waals surface area contributed by atoms with Crippen LogP contribution in [0.4, 0.5) is 17.1 Å². The summed E-state index contributed by atoms with van der Waals surface area (Å²) in [6.07, 6.45) is 0. The van der Waals surface area contributed by atoms with Crippen LogP contribution in [0.1, 0.15) is 0 Å². The molecule has 3 nitrogen and oxygen atoms in total. The Kier molecular flexibility index (Phi) is 6.22.